The van der Waals surface area contributed by atoms with Gasteiger partial charge in [0.1, 0.15) is 5.75 Å². The second-order valence-corrected chi connectivity index (χ2v) is 7.63. The minimum Gasteiger partial charge on any atom is -0.492 e. The molecule has 0 heterocycles. The van der Waals surface area contributed by atoms with Crippen molar-refractivity contribution in [2.24, 2.45) is 0 Å². The number of carbonyl (C=O) groups is 1. The largest absolute Gasteiger partial charge is 0.492 e. The lowest BCUT2D eigenvalue weighted by atomic mass is 10.2. The summed E-state index contributed by atoms with van der Waals surface area (Å²) in [6.07, 6.45) is 0.895. The predicted molar refractivity (Wildman–Crippen MR) is 115 cm³/mol. The standard InChI is InChI=1S/C17H14BrCl3N2O2S/c1-2-5-25-15-4-3-9(6-10(15)18)16(24)23-17(26)22-14-8-12(20)11(19)7-13(14)21/h3-4,6-8H,2,5H2,1H3,(H2,22,23,24,26). The summed E-state index contributed by atoms with van der Waals surface area (Å²) in [5.74, 6) is 0.299. The number of halogens is 4. The molecule has 4 nitrogen and oxygen atoms in total. The van der Waals surface area contributed by atoms with Crippen LogP contribution in [0.25, 0.3) is 0 Å². The summed E-state index contributed by atoms with van der Waals surface area (Å²) in [6, 6.07) is 8.06. The van der Waals surface area contributed by atoms with E-state index in [2.05, 4.69) is 26.6 Å². The summed E-state index contributed by atoms with van der Waals surface area (Å²) in [5.41, 5.74) is 0.862. The zero-order chi connectivity index (χ0) is 19.3. The number of thiocarbonyl (C=S) groups is 1. The van der Waals surface area contributed by atoms with Gasteiger partial charge in [-0.15, -0.1) is 0 Å². The van der Waals surface area contributed by atoms with Gasteiger partial charge in [-0.05, 0) is 64.9 Å². The minimum absolute atomic E-state index is 0.0812. The lowest BCUT2D eigenvalue weighted by Gasteiger charge is -2.13. The zero-order valence-electron chi connectivity index (χ0n) is 13.5. The fourth-order valence-electron chi connectivity index (χ4n) is 1.92. The molecule has 138 valence electrons. The number of carbonyl (C=O) groups excluding carboxylic acids is 1. The lowest BCUT2D eigenvalue weighted by molar-refractivity contribution is 0.0977. The molecule has 0 fully saturated rings. The third kappa shape index (κ3) is 5.72. The lowest BCUT2D eigenvalue weighted by Crippen LogP contribution is -2.34. The van der Waals surface area contributed by atoms with E-state index in [9.17, 15) is 4.79 Å². The average molecular weight is 497 g/mol. The van der Waals surface area contributed by atoms with Crippen LogP contribution in [-0.2, 0) is 0 Å². The summed E-state index contributed by atoms with van der Waals surface area (Å²) in [4.78, 5) is 12.3. The van der Waals surface area contributed by atoms with Crippen LogP contribution in [0, 0.1) is 0 Å². The maximum absolute atomic E-state index is 12.3. The number of ether oxygens (including phenoxy) is 1. The van der Waals surface area contributed by atoms with Gasteiger partial charge in [0.2, 0.25) is 0 Å². The number of rotatable bonds is 5. The highest BCUT2D eigenvalue weighted by Gasteiger charge is 2.13. The molecule has 0 aliphatic heterocycles. The molecule has 0 saturated heterocycles. The van der Waals surface area contributed by atoms with Crippen LogP contribution in [0.15, 0.2) is 34.8 Å². The smallest absolute Gasteiger partial charge is 0.257 e. The highest BCUT2D eigenvalue weighted by atomic mass is 79.9. The Morgan fingerprint density at radius 3 is 2.50 bits per heavy atom. The van der Waals surface area contributed by atoms with Gasteiger partial charge >= 0.3 is 0 Å². The SMILES string of the molecule is CCCOc1ccc(C(=O)NC(=S)Nc2cc(Cl)c(Cl)cc2Cl)cc1Br. The van der Waals surface area contributed by atoms with Crippen molar-refractivity contribution in [1.82, 2.24) is 5.32 Å². The molecular formula is C17H14BrCl3N2O2S. The van der Waals surface area contributed by atoms with Crippen LogP contribution in [0.5, 0.6) is 5.75 Å². The van der Waals surface area contributed by atoms with Gasteiger partial charge in [-0.25, -0.2) is 0 Å². The predicted octanol–water partition coefficient (Wildman–Crippen LogP) is 6.32. The van der Waals surface area contributed by atoms with Crippen LogP contribution in [0.3, 0.4) is 0 Å². The third-order valence-corrected chi connectivity index (χ3v) is 5.00. The van der Waals surface area contributed by atoms with Crippen molar-refractivity contribution in [2.45, 2.75) is 13.3 Å². The van der Waals surface area contributed by atoms with Gasteiger partial charge in [0.05, 0.1) is 31.8 Å². The summed E-state index contributed by atoms with van der Waals surface area (Å²) >= 11 is 26.5. The van der Waals surface area contributed by atoms with E-state index in [4.69, 9.17) is 51.8 Å². The van der Waals surface area contributed by atoms with Gasteiger partial charge < -0.3 is 10.1 Å². The van der Waals surface area contributed by atoms with Gasteiger partial charge in [-0.2, -0.15) is 0 Å². The monoisotopic (exact) mass is 494 g/mol. The molecule has 0 saturated carbocycles. The number of hydrogen-bond donors (Lipinski definition) is 2. The van der Waals surface area contributed by atoms with Crippen LogP contribution in [0.4, 0.5) is 5.69 Å². The first-order valence-corrected chi connectivity index (χ1v) is 9.84. The molecule has 2 rings (SSSR count). The molecule has 0 aliphatic carbocycles. The van der Waals surface area contributed by atoms with Gasteiger partial charge in [0.25, 0.3) is 5.91 Å². The van der Waals surface area contributed by atoms with Gasteiger partial charge in [-0.1, -0.05) is 41.7 Å². The molecule has 0 atom stereocenters. The summed E-state index contributed by atoms with van der Waals surface area (Å²) < 4.78 is 6.25. The minimum atomic E-state index is -0.374. The van der Waals surface area contributed by atoms with E-state index in [1.54, 1.807) is 18.2 Å². The molecule has 2 aromatic rings. The van der Waals surface area contributed by atoms with E-state index < -0.39 is 0 Å². The first-order chi connectivity index (χ1) is 12.3. The van der Waals surface area contributed by atoms with E-state index in [0.29, 0.717) is 43.1 Å². The van der Waals surface area contributed by atoms with Gasteiger partial charge in [-0.3, -0.25) is 10.1 Å². The molecule has 0 unspecified atom stereocenters. The van der Waals surface area contributed by atoms with E-state index in [1.165, 1.54) is 12.1 Å². The number of anilines is 1. The molecule has 0 spiro atoms. The van der Waals surface area contributed by atoms with Crippen molar-refractivity contribution >= 4 is 79.7 Å². The van der Waals surface area contributed by atoms with Crippen LogP contribution >= 0.6 is 63.0 Å². The Morgan fingerprint density at radius 2 is 1.85 bits per heavy atom. The van der Waals surface area contributed by atoms with Crippen molar-refractivity contribution in [3.63, 3.8) is 0 Å². The summed E-state index contributed by atoms with van der Waals surface area (Å²) in [6.45, 7) is 2.62. The van der Waals surface area contributed by atoms with Gasteiger partial charge in [0, 0.05) is 5.56 Å². The van der Waals surface area contributed by atoms with Crippen LogP contribution in [0.1, 0.15) is 23.7 Å². The van der Waals surface area contributed by atoms with Crippen LogP contribution in [0.2, 0.25) is 15.1 Å². The Morgan fingerprint density at radius 1 is 1.15 bits per heavy atom. The highest BCUT2D eigenvalue weighted by molar-refractivity contribution is 9.10. The van der Waals surface area contributed by atoms with Crippen molar-refractivity contribution in [2.75, 3.05) is 11.9 Å². The van der Waals surface area contributed by atoms with E-state index in [0.717, 1.165) is 6.42 Å². The van der Waals surface area contributed by atoms with Crippen LogP contribution < -0.4 is 15.4 Å². The van der Waals surface area contributed by atoms with Gasteiger partial charge in [0.15, 0.2) is 5.11 Å². The molecule has 0 radical (unpaired) electrons. The zero-order valence-corrected chi connectivity index (χ0v) is 18.2. The van der Waals surface area contributed by atoms with E-state index >= 15 is 0 Å². The molecule has 9 heteroatoms. The Balaban J connectivity index is 2.04. The highest BCUT2D eigenvalue weighted by Crippen LogP contribution is 2.32. The molecule has 26 heavy (non-hydrogen) atoms. The maximum Gasteiger partial charge on any atom is 0.257 e. The number of nitrogens with one attached hydrogen (secondary N) is 2. The Kier molecular flexibility index (Phi) is 7.98. The van der Waals surface area contributed by atoms with Crippen molar-refractivity contribution in [1.29, 1.82) is 0 Å². The topological polar surface area (TPSA) is 50.4 Å². The average Bonchev–Trinajstić information content (AvgIpc) is 2.58. The third-order valence-electron chi connectivity index (χ3n) is 3.14. The molecule has 0 bridgehead atoms. The summed E-state index contributed by atoms with van der Waals surface area (Å²) in [7, 11) is 0. The molecule has 2 aromatic carbocycles. The fraction of sp³-hybridized carbons (Fsp3) is 0.176. The molecular weight excluding hydrogens is 483 g/mol. The fourth-order valence-corrected chi connectivity index (χ4v) is 3.21. The molecule has 2 N–H and O–H groups in total. The quantitative estimate of drug-likeness (QED) is 0.375. The first kappa shape index (κ1) is 21.3. The number of hydrogen-bond acceptors (Lipinski definition) is 3. The Bertz CT molecular complexity index is 849. The second-order valence-electron chi connectivity index (χ2n) is 5.15. The number of benzene rings is 2. The molecule has 0 aliphatic rings. The van der Waals surface area contributed by atoms with Crippen LogP contribution in [-0.4, -0.2) is 17.6 Å². The Hall–Kier alpha value is -1.05. The Labute approximate surface area is 180 Å². The van der Waals surface area contributed by atoms with Crippen molar-refractivity contribution in [3.8, 4) is 5.75 Å². The van der Waals surface area contributed by atoms with E-state index in [1.807, 2.05) is 6.92 Å². The molecule has 1 amide bonds. The normalized spacial score (nSPS) is 10.3. The van der Waals surface area contributed by atoms with Crippen molar-refractivity contribution < 1.29 is 9.53 Å². The van der Waals surface area contributed by atoms with E-state index in [-0.39, 0.29) is 11.0 Å². The first-order valence-electron chi connectivity index (χ1n) is 7.51. The molecule has 0 aromatic heterocycles. The maximum atomic E-state index is 12.3. The second kappa shape index (κ2) is 9.76. The van der Waals surface area contributed by atoms with Crippen molar-refractivity contribution in [3.05, 3.63) is 55.4 Å². The summed E-state index contributed by atoms with van der Waals surface area (Å²) in [5, 5.41) is 6.46. The number of amides is 1.